The third-order valence-corrected chi connectivity index (χ3v) is 2.33. The molecule has 0 heterocycles. The van der Waals surface area contributed by atoms with Crippen molar-refractivity contribution in [2.75, 3.05) is 5.32 Å². The second-order valence-electron chi connectivity index (χ2n) is 4.29. The van der Waals surface area contributed by atoms with E-state index in [0.29, 0.717) is 23.7 Å². The van der Waals surface area contributed by atoms with Gasteiger partial charge in [0.1, 0.15) is 0 Å². The SMILES string of the molecule is Cc1c(N=[N+]=[N-])cccc1NC(=O)CC(C)C. The molecule has 5 nitrogen and oxygen atoms in total. The number of anilines is 1. The highest BCUT2D eigenvalue weighted by Crippen LogP contribution is 2.26. The van der Waals surface area contributed by atoms with E-state index in [2.05, 4.69) is 15.3 Å². The molecule has 90 valence electrons. The molecule has 1 rings (SSSR count). The van der Waals surface area contributed by atoms with Crippen LogP contribution >= 0.6 is 0 Å². The lowest BCUT2D eigenvalue weighted by Gasteiger charge is -2.11. The molecule has 0 saturated heterocycles. The Morgan fingerprint density at radius 1 is 1.53 bits per heavy atom. The summed E-state index contributed by atoms with van der Waals surface area (Å²) in [4.78, 5) is 14.4. The Bertz CT molecular complexity index is 462. The Labute approximate surface area is 100 Å². The predicted molar refractivity (Wildman–Crippen MR) is 68.1 cm³/mol. The standard InChI is InChI=1S/C12H16N4O/c1-8(2)7-12(17)14-10-5-4-6-11(9(10)3)15-16-13/h4-6,8H,7H2,1-3H3,(H,14,17). The number of hydrogen-bond donors (Lipinski definition) is 1. The van der Waals surface area contributed by atoms with Gasteiger partial charge in [0.15, 0.2) is 0 Å². The van der Waals surface area contributed by atoms with Crippen LogP contribution in [0.2, 0.25) is 0 Å². The Morgan fingerprint density at radius 2 is 2.24 bits per heavy atom. The highest BCUT2D eigenvalue weighted by molar-refractivity contribution is 5.92. The van der Waals surface area contributed by atoms with Crippen LogP contribution < -0.4 is 5.32 Å². The van der Waals surface area contributed by atoms with E-state index in [4.69, 9.17) is 5.53 Å². The van der Waals surface area contributed by atoms with Crippen molar-refractivity contribution in [2.24, 2.45) is 11.0 Å². The van der Waals surface area contributed by atoms with Crippen LogP contribution in [-0.2, 0) is 4.79 Å². The third kappa shape index (κ3) is 3.81. The maximum Gasteiger partial charge on any atom is 0.224 e. The molecule has 1 N–H and O–H groups in total. The van der Waals surface area contributed by atoms with Crippen LogP contribution in [-0.4, -0.2) is 5.91 Å². The van der Waals surface area contributed by atoms with Crippen molar-refractivity contribution in [3.05, 3.63) is 34.2 Å². The van der Waals surface area contributed by atoms with Gasteiger partial charge >= 0.3 is 0 Å². The lowest BCUT2D eigenvalue weighted by molar-refractivity contribution is -0.116. The van der Waals surface area contributed by atoms with Crippen LogP contribution in [0.1, 0.15) is 25.8 Å². The molecular weight excluding hydrogens is 216 g/mol. The minimum atomic E-state index is -0.0267. The molecule has 0 atom stereocenters. The summed E-state index contributed by atoms with van der Waals surface area (Å²) in [5, 5.41) is 6.38. The zero-order valence-corrected chi connectivity index (χ0v) is 10.3. The summed E-state index contributed by atoms with van der Waals surface area (Å²) >= 11 is 0. The molecule has 1 aromatic rings. The Kier molecular flexibility index (Phi) is 4.55. The smallest absolute Gasteiger partial charge is 0.224 e. The van der Waals surface area contributed by atoms with E-state index in [1.807, 2.05) is 20.8 Å². The van der Waals surface area contributed by atoms with Crippen molar-refractivity contribution in [3.8, 4) is 0 Å². The number of nitrogens with one attached hydrogen (secondary N) is 1. The zero-order chi connectivity index (χ0) is 12.8. The van der Waals surface area contributed by atoms with Gasteiger partial charge in [0.05, 0.1) is 0 Å². The van der Waals surface area contributed by atoms with Gasteiger partial charge in [0, 0.05) is 22.7 Å². The van der Waals surface area contributed by atoms with Gasteiger partial charge in [-0.2, -0.15) is 0 Å². The van der Waals surface area contributed by atoms with Gasteiger partial charge in [-0.25, -0.2) is 0 Å². The normalized spacial score (nSPS) is 9.88. The first-order valence-electron chi connectivity index (χ1n) is 5.49. The number of nitrogens with zero attached hydrogens (tertiary/aromatic N) is 3. The minimum absolute atomic E-state index is 0.0267. The summed E-state index contributed by atoms with van der Waals surface area (Å²) in [5.74, 6) is 0.289. The van der Waals surface area contributed by atoms with E-state index < -0.39 is 0 Å². The quantitative estimate of drug-likeness (QED) is 0.476. The monoisotopic (exact) mass is 232 g/mol. The summed E-state index contributed by atoms with van der Waals surface area (Å²) in [6, 6.07) is 5.26. The summed E-state index contributed by atoms with van der Waals surface area (Å²) < 4.78 is 0. The lowest BCUT2D eigenvalue weighted by Crippen LogP contribution is -2.14. The van der Waals surface area contributed by atoms with Crippen LogP contribution in [0.5, 0.6) is 0 Å². The maximum absolute atomic E-state index is 11.6. The Balaban J connectivity index is 2.88. The molecule has 5 heteroatoms. The predicted octanol–water partition coefficient (Wildman–Crippen LogP) is 3.92. The van der Waals surface area contributed by atoms with Crippen LogP contribution in [0.4, 0.5) is 11.4 Å². The molecule has 0 unspecified atom stereocenters. The number of carbonyl (C=O) groups excluding carboxylic acids is 1. The van der Waals surface area contributed by atoms with Gasteiger partial charge in [-0.05, 0) is 30.0 Å². The average molecular weight is 232 g/mol. The molecule has 0 aliphatic rings. The number of azide groups is 1. The number of carbonyl (C=O) groups is 1. The topological polar surface area (TPSA) is 77.9 Å². The highest BCUT2D eigenvalue weighted by atomic mass is 16.1. The summed E-state index contributed by atoms with van der Waals surface area (Å²) in [5.41, 5.74) is 10.4. The first-order valence-corrected chi connectivity index (χ1v) is 5.49. The van der Waals surface area contributed by atoms with Crippen molar-refractivity contribution < 1.29 is 4.79 Å². The van der Waals surface area contributed by atoms with E-state index in [-0.39, 0.29) is 5.91 Å². The van der Waals surface area contributed by atoms with Crippen molar-refractivity contribution >= 4 is 17.3 Å². The molecule has 0 spiro atoms. The molecule has 0 aliphatic heterocycles. The molecule has 0 aromatic heterocycles. The van der Waals surface area contributed by atoms with Gasteiger partial charge in [0.25, 0.3) is 0 Å². The van der Waals surface area contributed by atoms with Gasteiger partial charge in [0.2, 0.25) is 5.91 Å². The lowest BCUT2D eigenvalue weighted by atomic mass is 10.1. The van der Waals surface area contributed by atoms with Crippen LogP contribution in [0.25, 0.3) is 10.4 Å². The van der Waals surface area contributed by atoms with Crippen molar-refractivity contribution in [1.82, 2.24) is 0 Å². The summed E-state index contributed by atoms with van der Waals surface area (Å²) in [7, 11) is 0. The second kappa shape index (κ2) is 5.92. The largest absolute Gasteiger partial charge is 0.326 e. The van der Waals surface area contributed by atoms with Crippen molar-refractivity contribution in [3.63, 3.8) is 0 Å². The van der Waals surface area contributed by atoms with Gasteiger partial charge < -0.3 is 5.32 Å². The molecule has 0 aliphatic carbocycles. The fourth-order valence-electron chi connectivity index (χ4n) is 1.49. The maximum atomic E-state index is 11.6. The minimum Gasteiger partial charge on any atom is -0.326 e. The molecule has 17 heavy (non-hydrogen) atoms. The number of rotatable bonds is 4. The van der Waals surface area contributed by atoms with Crippen molar-refractivity contribution in [1.29, 1.82) is 0 Å². The fraction of sp³-hybridized carbons (Fsp3) is 0.417. The van der Waals surface area contributed by atoms with Gasteiger partial charge in [-0.3, -0.25) is 4.79 Å². The molecule has 0 bridgehead atoms. The fourth-order valence-corrected chi connectivity index (χ4v) is 1.49. The number of benzene rings is 1. The van der Waals surface area contributed by atoms with Crippen LogP contribution in [0, 0.1) is 12.8 Å². The van der Waals surface area contributed by atoms with E-state index >= 15 is 0 Å². The molecule has 0 fully saturated rings. The second-order valence-corrected chi connectivity index (χ2v) is 4.29. The van der Waals surface area contributed by atoms with E-state index in [1.165, 1.54) is 0 Å². The van der Waals surface area contributed by atoms with E-state index in [1.54, 1.807) is 18.2 Å². The Hall–Kier alpha value is -2.00. The molecule has 1 aromatic carbocycles. The first-order chi connectivity index (χ1) is 8.04. The van der Waals surface area contributed by atoms with E-state index in [0.717, 1.165) is 5.56 Å². The average Bonchev–Trinajstić information content (AvgIpc) is 2.23. The molecular formula is C12H16N4O. The van der Waals surface area contributed by atoms with Crippen molar-refractivity contribution in [2.45, 2.75) is 27.2 Å². The molecule has 0 radical (unpaired) electrons. The summed E-state index contributed by atoms with van der Waals surface area (Å²) in [6.45, 7) is 5.79. The first kappa shape index (κ1) is 13.1. The van der Waals surface area contributed by atoms with Gasteiger partial charge in [-0.15, -0.1) is 0 Å². The van der Waals surface area contributed by atoms with Gasteiger partial charge in [-0.1, -0.05) is 31.1 Å². The molecule has 0 saturated carbocycles. The summed E-state index contributed by atoms with van der Waals surface area (Å²) in [6.07, 6.45) is 0.477. The zero-order valence-electron chi connectivity index (χ0n) is 10.3. The van der Waals surface area contributed by atoms with E-state index in [9.17, 15) is 4.79 Å². The highest BCUT2D eigenvalue weighted by Gasteiger charge is 2.08. The number of hydrogen-bond acceptors (Lipinski definition) is 2. The Morgan fingerprint density at radius 3 is 2.82 bits per heavy atom. The number of amides is 1. The van der Waals surface area contributed by atoms with Crippen LogP contribution in [0.3, 0.4) is 0 Å². The van der Waals surface area contributed by atoms with Crippen LogP contribution in [0.15, 0.2) is 23.3 Å². The molecule has 1 amide bonds. The third-order valence-electron chi connectivity index (χ3n) is 2.33.